The minimum atomic E-state index is -0.326. The molecule has 0 atom stereocenters. The molecule has 0 amide bonds. The summed E-state index contributed by atoms with van der Waals surface area (Å²) in [5, 5.41) is 11.6. The molecule has 68 valence electrons. The molecule has 0 aliphatic heterocycles. The Morgan fingerprint density at radius 2 is 1.92 bits per heavy atom. The topological polar surface area (TPSA) is 46.4 Å². The molecule has 1 aromatic rings. The van der Waals surface area contributed by atoms with Crippen molar-refractivity contribution >= 4 is 5.69 Å². The van der Waals surface area contributed by atoms with Crippen LogP contribution in [0, 0.1) is 10.1 Å². The van der Waals surface area contributed by atoms with Crippen LogP contribution in [-0.4, -0.2) is 11.1 Å². The summed E-state index contributed by atoms with van der Waals surface area (Å²) >= 11 is 0. The molecule has 0 radical (unpaired) electrons. The van der Waals surface area contributed by atoms with Gasteiger partial charge in [0.25, 0.3) is 0 Å². The number of nitrogens with zero attached hydrogens (tertiary/aromatic N) is 2. The number of hydrogen-bond donors (Lipinski definition) is 0. The molecule has 1 aliphatic carbocycles. The van der Waals surface area contributed by atoms with Crippen molar-refractivity contribution in [1.82, 2.24) is 0 Å². The van der Waals surface area contributed by atoms with Gasteiger partial charge in [0.1, 0.15) is 5.69 Å². The lowest BCUT2D eigenvalue weighted by atomic mass is 10.3. The highest BCUT2D eigenvalue weighted by Gasteiger charge is 2.37. The molecule has 0 unspecified atom stereocenters. The lowest BCUT2D eigenvalue weighted by Gasteiger charge is -2.12. The molecule has 4 heteroatoms. The van der Waals surface area contributed by atoms with Crippen molar-refractivity contribution < 1.29 is 5.03 Å². The minimum absolute atomic E-state index is 0.109. The zero-order chi connectivity index (χ0) is 9.26. The second-order valence-electron chi connectivity index (χ2n) is 3.15. The summed E-state index contributed by atoms with van der Waals surface area (Å²) in [6.07, 6.45) is 1.85. The SMILES string of the molecule is O=[N+]([O-])N(c1ccccc1)C1CC1. The van der Waals surface area contributed by atoms with E-state index in [1.165, 1.54) is 5.01 Å². The summed E-state index contributed by atoms with van der Waals surface area (Å²) in [5.74, 6) is 0. The van der Waals surface area contributed by atoms with Crippen LogP contribution in [-0.2, 0) is 0 Å². The third kappa shape index (κ3) is 1.61. The number of hydrazine groups is 1. The maximum Gasteiger partial charge on any atom is 0.165 e. The molecule has 2 rings (SSSR count). The molecular formula is C9H10N2O2. The van der Waals surface area contributed by atoms with E-state index in [0.717, 1.165) is 12.8 Å². The Balaban J connectivity index is 2.25. The lowest BCUT2D eigenvalue weighted by Crippen LogP contribution is -2.31. The fraction of sp³-hybridized carbons (Fsp3) is 0.333. The minimum Gasteiger partial charge on any atom is -0.234 e. The maximum atomic E-state index is 10.7. The Bertz CT molecular complexity index is 309. The molecule has 13 heavy (non-hydrogen) atoms. The number of anilines is 1. The molecule has 1 aliphatic rings. The van der Waals surface area contributed by atoms with Crippen LogP contribution in [0.4, 0.5) is 5.69 Å². The summed E-state index contributed by atoms with van der Waals surface area (Å²) < 4.78 is 0. The van der Waals surface area contributed by atoms with Gasteiger partial charge in [-0.05, 0) is 25.0 Å². The van der Waals surface area contributed by atoms with Crippen molar-refractivity contribution in [2.45, 2.75) is 18.9 Å². The Hall–Kier alpha value is -1.58. The summed E-state index contributed by atoms with van der Waals surface area (Å²) in [5.41, 5.74) is 0.676. The predicted molar refractivity (Wildman–Crippen MR) is 48.9 cm³/mol. The van der Waals surface area contributed by atoms with Crippen molar-refractivity contribution in [3.8, 4) is 0 Å². The first-order valence-corrected chi connectivity index (χ1v) is 4.27. The van der Waals surface area contributed by atoms with E-state index in [-0.39, 0.29) is 11.1 Å². The first-order valence-electron chi connectivity index (χ1n) is 4.27. The molecule has 0 heterocycles. The molecule has 0 aromatic heterocycles. The third-order valence-corrected chi connectivity index (χ3v) is 2.09. The largest absolute Gasteiger partial charge is 0.234 e. The van der Waals surface area contributed by atoms with Crippen LogP contribution in [0.1, 0.15) is 12.8 Å². The number of benzene rings is 1. The number of para-hydroxylation sites is 1. The van der Waals surface area contributed by atoms with Gasteiger partial charge in [-0.2, -0.15) is 0 Å². The molecule has 0 N–H and O–H groups in total. The molecule has 0 bridgehead atoms. The van der Waals surface area contributed by atoms with Crippen LogP contribution in [0.5, 0.6) is 0 Å². The molecule has 1 aromatic carbocycles. The number of hydrogen-bond acceptors (Lipinski definition) is 2. The second-order valence-corrected chi connectivity index (χ2v) is 3.15. The van der Waals surface area contributed by atoms with Gasteiger partial charge in [0.15, 0.2) is 5.03 Å². The molecule has 4 nitrogen and oxygen atoms in total. The van der Waals surface area contributed by atoms with Crippen molar-refractivity contribution in [2.24, 2.45) is 0 Å². The van der Waals surface area contributed by atoms with Crippen molar-refractivity contribution in [1.29, 1.82) is 0 Å². The quantitative estimate of drug-likeness (QED) is 0.524. The maximum absolute atomic E-state index is 10.7. The number of rotatable bonds is 3. The lowest BCUT2D eigenvalue weighted by molar-refractivity contribution is -0.496. The summed E-state index contributed by atoms with van der Waals surface area (Å²) in [7, 11) is 0. The Morgan fingerprint density at radius 1 is 1.31 bits per heavy atom. The van der Waals surface area contributed by atoms with Crippen LogP contribution in [0.3, 0.4) is 0 Å². The van der Waals surface area contributed by atoms with Gasteiger partial charge < -0.3 is 0 Å². The fourth-order valence-electron chi connectivity index (χ4n) is 1.34. The van der Waals surface area contributed by atoms with Gasteiger partial charge in [0, 0.05) is 0 Å². The first kappa shape index (κ1) is 8.04. The molecule has 0 saturated heterocycles. The molecule has 0 spiro atoms. The Labute approximate surface area is 75.9 Å². The smallest absolute Gasteiger partial charge is 0.165 e. The van der Waals surface area contributed by atoms with Crippen LogP contribution in [0.25, 0.3) is 0 Å². The van der Waals surface area contributed by atoms with Crippen LogP contribution in [0.2, 0.25) is 0 Å². The summed E-state index contributed by atoms with van der Waals surface area (Å²) in [4.78, 5) is 10.7. The van der Waals surface area contributed by atoms with E-state index in [9.17, 15) is 10.1 Å². The average molecular weight is 178 g/mol. The van der Waals surface area contributed by atoms with Gasteiger partial charge in [-0.15, -0.1) is 0 Å². The van der Waals surface area contributed by atoms with Gasteiger partial charge in [0.05, 0.1) is 6.04 Å². The van der Waals surface area contributed by atoms with Crippen molar-refractivity contribution in [2.75, 3.05) is 5.01 Å². The van der Waals surface area contributed by atoms with Crippen molar-refractivity contribution in [3.63, 3.8) is 0 Å². The van der Waals surface area contributed by atoms with Crippen molar-refractivity contribution in [3.05, 3.63) is 40.4 Å². The van der Waals surface area contributed by atoms with Crippen LogP contribution < -0.4 is 5.01 Å². The van der Waals surface area contributed by atoms with Crippen LogP contribution in [0.15, 0.2) is 30.3 Å². The molecular weight excluding hydrogens is 168 g/mol. The molecule has 1 saturated carbocycles. The predicted octanol–water partition coefficient (Wildman–Crippen LogP) is 1.85. The van der Waals surface area contributed by atoms with Gasteiger partial charge in [-0.25, -0.2) is 10.1 Å². The third-order valence-electron chi connectivity index (χ3n) is 2.09. The van der Waals surface area contributed by atoms with Gasteiger partial charge in [-0.1, -0.05) is 23.2 Å². The second kappa shape index (κ2) is 3.05. The van der Waals surface area contributed by atoms with E-state index in [4.69, 9.17) is 0 Å². The van der Waals surface area contributed by atoms with Crippen LogP contribution >= 0.6 is 0 Å². The zero-order valence-corrected chi connectivity index (χ0v) is 7.09. The standard InChI is InChI=1S/C9H10N2O2/c12-11(13)10(9-6-7-9)8-4-2-1-3-5-8/h1-5,9H,6-7H2. The van der Waals surface area contributed by atoms with Gasteiger partial charge in [0.2, 0.25) is 0 Å². The first-order chi connectivity index (χ1) is 6.29. The summed E-state index contributed by atoms with van der Waals surface area (Å²) in [6.45, 7) is 0. The van der Waals surface area contributed by atoms with Gasteiger partial charge in [-0.3, -0.25) is 0 Å². The van der Waals surface area contributed by atoms with Gasteiger partial charge >= 0.3 is 0 Å². The normalized spacial score (nSPS) is 15.4. The van der Waals surface area contributed by atoms with E-state index in [0.29, 0.717) is 5.69 Å². The van der Waals surface area contributed by atoms with E-state index in [1.54, 1.807) is 12.1 Å². The Kier molecular flexibility index (Phi) is 1.88. The highest BCUT2D eigenvalue weighted by Crippen LogP contribution is 2.31. The highest BCUT2D eigenvalue weighted by molar-refractivity contribution is 5.45. The fourth-order valence-corrected chi connectivity index (χ4v) is 1.34. The van der Waals surface area contributed by atoms with E-state index in [2.05, 4.69) is 0 Å². The highest BCUT2D eigenvalue weighted by atomic mass is 16.7. The zero-order valence-electron chi connectivity index (χ0n) is 7.09. The van der Waals surface area contributed by atoms with E-state index in [1.807, 2.05) is 18.2 Å². The monoisotopic (exact) mass is 178 g/mol. The van der Waals surface area contributed by atoms with E-state index >= 15 is 0 Å². The Morgan fingerprint density at radius 3 is 2.38 bits per heavy atom. The number of nitro groups is 1. The molecule has 1 fully saturated rings. The average Bonchev–Trinajstić information content (AvgIpc) is 2.90. The van der Waals surface area contributed by atoms with E-state index < -0.39 is 0 Å². The summed E-state index contributed by atoms with van der Waals surface area (Å²) in [6, 6.07) is 9.12.